The molecule has 0 bridgehead atoms. The highest BCUT2D eigenvalue weighted by atomic mass is 15.0. The zero-order valence-corrected chi connectivity index (χ0v) is 34.1. The molecule has 5 nitrogen and oxygen atoms in total. The molecule has 12 rings (SSSR count). The predicted octanol–water partition coefficient (Wildman–Crippen LogP) is 14.7. The van der Waals surface area contributed by atoms with Gasteiger partial charge >= 0.3 is 0 Å². The molecule has 12 aromatic rings. The molecule has 3 aromatic heterocycles. The number of pyridine rings is 1. The van der Waals surface area contributed by atoms with Gasteiger partial charge in [-0.25, -0.2) is 19.9 Å². The van der Waals surface area contributed by atoms with E-state index in [0.717, 1.165) is 77.7 Å². The van der Waals surface area contributed by atoms with Crippen LogP contribution in [-0.2, 0) is 0 Å². The maximum absolute atomic E-state index is 5.25. The van der Waals surface area contributed by atoms with Gasteiger partial charge in [0.05, 0.1) is 22.2 Å². The number of rotatable bonds is 7. The Morgan fingerprint density at radius 2 is 0.778 bits per heavy atom. The minimum absolute atomic E-state index is 0.625. The van der Waals surface area contributed by atoms with Crippen molar-refractivity contribution in [1.29, 1.82) is 0 Å². The van der Waals surface area contributed by atoms with Gasteiger partial charge < -0.3 is 4.57 Å². The van der Waals surface area contributed by atoms with Crippen LogP contribution in [0.1, 0.15) is 0 Å². The molecule has 0 saturated carbocycles. The highest BCUT2D eigenvalue weighted by Gasteiger charge is 2.21. The van der Waals surface area contributed by atoms with Gasteiger partial charge in [0.1, 0.15) is 0 Å². The molecule has 294 valence electrons. The monoisotopic (exact) mass is 803 g/mol. The van der Waals surface area contributed by atoms with Crippen molar-refractivity contribution in [1.82, 2.24) is 24.5 Å². The summed E-state index contributed by atoms with van der Waals surface area (Å²) in [4.78, 5) is 20.4. The van der Waals surface area contributed by atoms with E-state index in [2.05, 4.69) is 193 Å². The molecule has 0 atom stereocenters. The van der Waals surface area contributed by atoms with Crippen LogP contribution in [0.25, 0.3) is 117 Å². The Hall–Kier alpha value is -8.54. The predicted molar refractivity (Wildman–Crippen MR) is 260 cm³/mol. The standard InChI is InChI=1S/C58H37N5/c1-5-16-38(17-6-1)43-22-15-23-45(36-43)58-61-56(41-20-9-3-10-21-41)60-57(62-58)42-30-28-39(29-31-42)44-32-35-52-50(37-44)47-33-34-49-53(55(47)63(52)46-24-11-4-12-25-46)48-26-13-14-27-51(48)59-54(49)40-18-7-2-8-19-40/h1-37H. The molecule has 63 heavy (non-hydrogen) atoms. The molecular formula is C58H37N5. The Bertz CT molecular complexity index is 3640. The van der Waals surface area contributed by atoms with E-state index in [1.165, 1.54) is 21.7 Å². The Kier molecular flexibility index (Phi) is 8.75. The van der Waals surface area contributed by atoms with Gasteiger partial charge in [-0.05, 0) is 58.7 Å². The summed E-state index contributed by atoms with van der Waals surface area (Å²) < 4.78 is 2.43. The zero-order valence-electron chi connectivity index (χ0n) is 34.1. The molecule has 0 amide bonds. The van der Waals surface area contributed by atoms with E-state index in [9.17, 15) is 0 Å². The molecule has 5 heteroatoms. The van der Waals surface area contributed by atoms with Crippen molar-refractivity contribution in [3.8, 4) is 73.4 Å². The van der Waals surface area contributed by atoms with Crippen molar-refractivity contribution in [2.75, 3.05) is 0 Å². The van der Waals surface area contributed by atoms with E-state index in [0.29, 0.717) is 17.5 Å². The molecule has 0 aliphatic carbocycles. The van der Waals surface area contributed by atoms with E-state index in [4.69, 9.17) is 19.9 Å². The van der Waals surface area contributed by atoms with Gasteiger partial charge in [0, 0.05) is 54.9 Å². The normalized spacial score (nSPS) is 11.5. The lowest BCUT2D eigenvalue weighted by atomic mass is 9.97. The third-order valence-electron chi connectivity index (χ3n) is 12.0. The van der Waals surface area contributed by atoms with Crippen LogP contribution in [0.2, 0.25) is 0 Å². The second kappa shape index (κ2) is 15.2. The topological polar surface area (TPSA) is 56.5 Å². The number of aromatic nitrogens is 5. The van der Waals surface area contributed by atoms with E-state index in [1.807, 2.05) is 36.4 Å². The molecule has 0 N–H and O–H groups in total. The number of fused-ring (bicyclic) bond motifs is 7. The highest BCUT2D eigenvalue weighted by molar-refractivity contribution is 6.27. The van der Waals surface area contributed by atoms with Crippen molar-refractivity contribution >= 4 is 43.5 Å². The molecule has 0 radical (unpaired) electrons. The van der Waals surface area contributed by atoms with Gasteiger partial charge in [0.15, 0.2) is 17.5 Å². The molecule has 0 saturated heterocycles. The Morgan fingerprint density at radius 1 is 0.286 bits per heavy atom. The van der Waals surface area contributed by atoms with E-state index in [-0.39, 0.29) is 0 Å². The summed E-state index contributed by atoms with van der Waals surface area (Å²) in [5.74, 6) is 1.89. The quantitative estimate of drug-likeness (QED) is 0.151. The second-order valence-corrected chi connectivity index (χ2v) is 15.8. The second-order valence-electron chi connectivity index (χ2n) is 15.8. The minimum Gasteiger partial charge on any atom is -0.309 e. The molecule has 3 heterocycles. The summed E-state index contributed by atoms with van der Waals surface area (Å²) in [6.07, 6.45) is 0. The van der Waals surface area contributed by atoms with Crippen LogP contribution in [0.5, 0.6) is 0 Å². The summed E-state index contributed by atoms with van der Waals surface area (Å²) in [5.41, 5.74) is 13.8. The zero-order chi connectivity index (χ0) is 41.7. The van der Waals surface area contributed by atoms with Crippen molar-refractivity contribution < 1.29 is 0 Å². The first-order valence-electron chi connectivity index (χ1n) is 21.2. The summed E-state index contributed by atoms with van der Waals surface area (Å²) in [6, 6.07) is 78.7. The SMILES string of the molecule is c1ccc(-c2cccc(-c3nc(-c4ccccc4)nc(-c4ccc(-c5ccc6c(c5)c5ccc7c(-c8ccccc8)nc8ccccc8c7c5n6-c5ccccc5)cc4)n3)c2)cc1. The average Bonchev–Trinajstić information content (AvgIpc) is 3.71. The molecule has 0 spiro atoms. The molecule has 0 fully saturated rings. The fraction of sp³-hybridized carbons (Fsp3) is 0. The number of para-hydroxylation sites is 2. The third kappa shape index (κ3) is 6.42. The Morgan fingerprint density at radius 3 is 1.49 bits per heavy atom. The summed E-state index contributed by atoms with van der Waals surface area (Å²) >= 11 is 0. The van der Waals surface area contributed by atoms with Crippen LogP contribution in [0.3, 0.4) is 0 Å². The minimum atomic E-state index is 0.625. The fourth-order valence-corrected chi connectivity index (χ4v) is 9.01. The van der Waals surface area contributed by atoms with E-state index < -0.39 is 0 Å². The van der Waals surface area contributed by atoms with Gasteiger partial charge in [0.2, 0.25) is 0 Å². The lowest BCUT2D eigenvalue weighted by molar-refractivity contribution is 1.07. The van der Waals surface area contributed by atoms with E-state index in [1.54, 1.807) is 0 Å². The van der Waals surface area contributed by atoms with Crippen LogP contribution in [-0.4, -0.2) is 24.5 Å². The third-order valence-corrected chi connectivity index (χ3v) is 12.0. The van der Waals surface area contributed by atoms with Crippen LogP contribution in [0.4, 0.5) is 0 Å². The molecule has 9 aromatic carbocycles. The van der Waals surface area contributed by atoms with Crippen molar-refractivity contribution in [2.24, 2.45) is 0 Å². The number of hydrogen-bond acceptors (Lipinski definition) is 4. The van der Waals surface area contributed by atoms with Gasteiger partial charge in [-0.2, -0.15) is 0 Å². The van der Waals surface area contributed by atoms with E-state index >= 15 is 0 Å². The fourth-order valence-electron chi connectivity index (χ4n) is 9.01. The van der Waals surface area contributed by atoms with Crippen molar-refractivity contribution in [3.63, 3.8) is 0 Å². The Labute approximate surface area is 364 Å². The van der Waals surface area contributed by atoms with Gasteiger partial charge in [0.25, 0.3) is 0 Å². The number of nitrogens with zero attached hydrogens (tertiary/aromatic N) is 5. The Balaban J connectivity index is 1.00. The lowest BCUT2D eigenvalue weighted by Crippen LogP contribution is -2.00. The molecule has 0 unspecified atom stereocenters. The van der Waals surface area contributed by atoms with Crippen LogP contribution < -0.4 is 0 Å². The van der Waals surface area contributed by atoms with Gasteiger partial charge in [-0.1, -0.05) is 188 Å². The molecular weight excluding hydrogens is 767 g/mol. The van der Waals surface area contributed by atoms with Crippen molar-refractivity contribution in [3.05, 3.63) is 224 Å². The van der Waals surface area contributed by atoms with Crippen LogP contribution in [0, 0.1) is 0 Å². The first-order chi connectivity index (χ1) is 31.2. The summed E-state index contributed by atoms with van der Waals surface area (Å²) in [5, 5.41) is 5.84. The smallest absolute Gasteiger partial charge is 0.164 e. The summed E-state index contributed by atoms with van der Waals surface area (Å²) in [7, 11) is 0. The average molecular weight is 804 g/mol. The van der Waals surface area contributed by atoms with Gasteiger partial charge in [-0.15, -0.1) is 0 Å². The van der Waals surface area contributed by atoms with Gasteiger partial charge in [-0.3, -0.25) is 0 Å². The molecule has 0 aliphatic heterocycles. The maximum atomic E-state index is 5.25. The summed E-state index contributed by atoms with van der Waals surface area (Å²) in [6.45, 7) is 0. The maximum Gasteiger partial charge on any atom is 0.164 e. The van der Waals surface area contributed by atoms with Crippen molar-refractivity contribution in [2.45, 2.75) is 0 Å². The molecule has 0 aliphatic rings. The van der Waals surface area contributed by atoms with Crippen LogP contribution in [0.15, 0.2) is 224 Å². The first-order valence-corrected chi connectivity index (χ1v) is 21.2. The highest BCUT2D eigenvalue weighted by Crippen LogP contribution is 2.43. The van der Waals surface area contributed by atoms with Crippen LogP contribution >= 0.6 is 0 Å². The number of benzene rings is 9. The number of hydrogen-bond donors (Lipinski definition) is 0. The lowest BCUT2D eigenvalue weighted by Gasteiger charge is -2.14. The first kappa shape index (κ1) is 36.3. The largest absolute Gasteiger partial charge is 0.309 e.